The number of nitrogens with one attached hydrogen (secondary N) is 1. The van der Waals surface area contributed by atoms with E-state index in [0.717, 1.165) is 58.3 Å². The molecular weight excluding hydrogens is 228 g/mol. The number of rotatable bonds is 3. The van der Waals surface area contributed by atoms with E-state index in [2.05, 4.69) is 17.1 Å². The standard InChI is InChI=1S/C14H26N2O2/c1-3-14(7-4-8-15-11-14)13(17)16-9-5-12(18-2)6-10-16/h12,15H,3-11H2,1-2H3. The number of piperidine rings is 2. The van der Waals surface area contributed by atoms with Crippen LogP contribution in [-0.4, -0.2) is 50.2 Å². The molecule has 2 fully saturated rings. The van der Waals surface area contributed by atoms with Gasteiger partial charge in [0.2, 0.25) is 5.91 Å². The Balaban J connectivity index is 1.97. The third-order valence-electron chi connectivity index (χ3n) is 4.67. The first-order valence-corrected chi connectivity index (χ1v) is 7.25. The van der Waals surface area contributed by atoms with Crippen LogP contribution in [0.2, 0.25) is 0 Å². The molecule has 18 heavy (non-hydrogen) atoms. The Morgan fingerprint density at radius 2 is 2.17 bits per heavy atom. The van der Waals surface area contributed by atoms with Gasteiger partial charge in [-0.1, -0.05) is 6.92 Å². The van der Waals surface area contributed by atoms with Crippen molar-refractivity contribution >= 4 is 5.91 Å². The summed E-state index contributed by atoms with van der Waals surface area (Å²) in [5.74, 6) is 0.367. The summed E-state index contributed by atoms with van der Waals surface area (Å²) in [5.41, 5.74) is -0.141. The van der Waals surface area contributed by atoms with Crippen molar-refractivity contribution < 1.29 is 9.53 Å². The predicted molar refractivity (Wildman–Crippen MR) is 71.4 cm³/mol. The van der Waals surface area contributed by atoms with E-state index >= 15 is 0 Å². The molecule has 1 N–H and O–H groups in total. The average molecular weight is 254 g/mol. The summed E-state index contributed by atoms with van der Waals surface area (Å²) >= 11 is 0. The molecule has 2 rings (SSSR count). The second-order valence-electron chi connectivity index (χ2n) is 5.64. The molecule has 1 amide bonds. The fourth-order valence-corrected chi connectivity index (χ4v) is 3.23. The van der Waals surface area contributed by atoms with Crippen LogP contribution in [-0.2, 0) is 9.53 Å². The lowest BCUT2D eigenvalue weighted by molar-refractivity contribution is -0.146. The fourth-order valence-electron chi connectivity index (χ4n) is 3.23. The van der Waals surface area contributed by atoms with E-state index < -0.39 is 0 Å². The minimum absolute atomic E-state index is 0.141. The van der Waals surface area contributed by atoms with Crippen molar-refractivity contribution in [2.75, 3.05) is 33.3 Å². The minimum Gasteiger partial charge on any atom is -0.381 e. The summed E-state index contributed by atoms with van der Waals surface area (Å²) in [6, 6.07) is 0. The van der Waals surface area contributed by atoms with Gasteiger partial charge in [0.1, 0.15) is 0 Å². The second kappa shape index (κ2) is 6.02. The first-order chi connectivity index (χ1) is 8.72. The van der Waals surface area contributed by atoms with Crippen molar-refractivity contribution in [3.63, 3.8) is 0 Å². The van der Waals surface area contributed by atoms with Crippen LogP contribution in [0.3, 0.4) is 0 Å². The SMILES string of the molecule is CCC1(C(=O)N2CCC(OC)CC2)CCCNC1. The summed E-state index contributed by atoms with van der Waals surface area (Å²) in [5, 5.41) is 3.39. The van der Waals surface area contributed by atoms with Crippen LogP contribution in [0.5, 0.6) is 0 Å². The Bertz CT molecular complexity index is 280. The van der Waals surface area contributed by atoms with E-state index in [4.69, 9.17) is 4.74 Å². The van der Waals surface area contributed by atoms with Gasteiger partial charge < -0.3 is 15.0 Å². The largest absolute Gasteiger partial charge is 0.381 e. The first kappa shape index (κ1) is 13.8. The van der Waals surface area contributed by atoms with Crippen molar-refractivity contribution in [2.24, 2.45) is 5.41 Å². The van der Waals surface area contributed by atoms with Crippen LogP contribution in [0.25, 0.3) is 0 Å². The highest BCUT2D eigenvalue weighted by molar-refractivity contribution is 5.83. The summed E-state index contributed by atoms with van der Waals surface area (Å²) in [4.78, 5) is 14.8. The van der Waals surface area contributed by atoms with Gasteiger partial charge in [0.15, 0.2) is 0 Å². The van der Waals surface area contributed by atoms with E-state index in [1.807, 2.05) is 0 Å². The summed E-state index contributed by atoms with van der Waals surface area (Å²) in [6.07, 6.45) is 5.41. The third-order valence-corrected chi connectivity index (χ3v) is 4.67. The normalized spacial score (nSPS) is 30.4. The topological polar surface area (TPSA) is 41.6 Å². The van der Waals surface area contributed by atoms with Crippen LogP contribution in [0.4, 0.5) is 0 Å². The quantitative estimate of drug-likeness (QED) is 0.828. The van der Waals surface area contributed by atoms with Gasteiger partial charge >= 0.3 is 0 Å². The van der Waals surface area contributed by atoms with Crippen molar-refractivity contribution in [2.45, 2.75) is 45.1 Å². The molecule has 0 spiro atoms. The lowest BCUT2D eigenvalue weighted by Gasteiger charge is -2.41. The number of amides is 1. The molecule has 0 radical (unpaired) electrons. The summed E-state index contributed by atoms with van der Waals surface area (Å²) in [7, 11) is 1.76. The summed E-state index contributed by atoms with van der Waals surface area (Å²) < 4.78 is 5.37. The van der Waals surface area contributed by atoms with Gasteiger partial charge in [-0.2, -0.15) is 0 Å². The maximum absolute atomic E-state index is 12.7. The highest BCUT2D eigenvalue weighted by Gasteiger charge is 2.41. The Kier molecular flexibility index (Phi) is 4.62. The van der Waals surface area contributed by atoms with Crippen LogP contribution in [0.15, 0.2) is 0 Å². The molecule has 0 aromatic carbocycles. The van der Waals surface area contributed by atoms with Crippen LogP contribution < -0.4 is 5.32 Å². The lowest BCUT2D eigenvalue weighted by Crippen LogP contribution is -2.53. The van der Waals surface area contributed by atoms with Gasteiger partial charge in [0.25, 0.3) is 0 Å². The van der Waals surface area contributed by atoms with Gasteiger partial charge in [-0.05, 0) is 38.6 Å². The third kappa shape index (κ3) is 2.69. The number of nitrogens with zero attached hydrogens (tertiary/aromatic N) is 1. The Morgan fingerprint density at radius 3 is 2.67 bits per heavy atom. The lowest BCUT2D eigenvalue weighted by atomic mass is 9.76. The smallest absolute Gasteiger partial charge is 0.230 e. The van der Waals surface area contributed by atoms with E-state index in [-0.39, 0.29) is 5.41 Å². The molecule has 2 aliphatic rings. The molecule has 0 bridgehead atoms. The molecule has 1 unspecified atom stereocenters. The van der Waals surface area contributed by atoms with E-state index in [1.165, 1.54) is 0 Å². The van der Waals surface area contributed by atoms with Gasteiger partial charge in [0, 0.05) is 26.7 Å². The van der Waals surface area contributed by atoms with Gasteiger partial charge in [-0.3, -0.25) is 4.79 Å². The molecule has 2 aliphatic heterocycles. The number of ether oxygens (including phenoxy) is 1. The maximum atomic E-state index is 12.7. The zero-order chi connectivity index (χ0) is 13.0. The Hall–Kier alpha value is -0.610. The van der Waals surface area contributed by atoms with Crippen molar-refractivity contribution in [3.8, 4) is 0 Å². The molecule has 0 aromatic heterocycles. The predicted octanol–water partition coefficient (Wildman–Crippen LogP) is 1.40. The monoisotopic (exact) mass is 254 g/mol. The molecule has 4 heteroatoms. The molecule has 2 saturated heterocycles. The molecule has 4 nitrogen and oxygen atoms in total. The number of likely N-dealkylation sites (tertiary alicyclic amines) is 1. The number of hydrogen-bond acceptors (Lipinski definition) is 3. The Labute approximate surface area is 110 Å². The average Bonchev–Trinajstić information content (AvgIpc) is 2.47. The van der Waals surface area contributed by atoms with Gasteiger partial charge in [0.05, 0.1) is 11.5 Å². The molecule has 104 valence electrons. The van der Waals surface area contributed by atoms with Crippen molar-refractivity contribution in [1.82, 2.24) is 10.2 Å². The molecular formula is C14H26N2O2. The van der Waals surface area contributed by atoms with Crippen LogP contribution in [0.1, 0.15) is 39.0 Å². The van der Waals surface area contributed by atoms with Crippen LogP contribution >= 0.6 is 0 Å². The molecule has 2 heterocycles. The number of methoxy groups -OCH3 is 1. The highest BCUT2D eigenvalue weighted by Crippen LogP contribution is 2.33. The molecule has 1 atom stereocenters. The van der Waals surface area contributed by atoms with Gasteiger partial charge in [-0.15, -0.1) is 0 Å². The summed E-state index contributed by atoms with van der Waals surface area (Å²) in [6.45, 7) is 5.78. The number of carbonyl (C=O) groups is 1. The van der Waals surface area contributed by atoms with Crippen molar-refractivity contribution in [3.05, 3.63) is 0 Å². The highest BCUT2D eigenvalue weighted by atomic mass is 16.5. The van der Waals surface area contributed by atoms with E-state index in [0.29, 0.717) is 12.0 Å². The zero-order valence-corrected chi connectivity index (χ0v) is 11.7. The zero-order valence-electron chi connectivity index (χ0n) is 11.7. The number of hydrogen-bond donors (Lipinski definition) is 1. The van der Waals surface area contributed by atoms with Crippen LogP contribution in [0, 0.1) is 5.41 Å². The fraction of sp³-hybridized carbons (Fsp3) is 0.929. The minimum atomic E-state index is -0.141. The molecule has 0 saturated carbocycles. The maximum Gasteiger partial charge on any atom is 0.230 e. The second-order valence-corrected chi connectivity index (χ2v) is 5.64. The van der Waals surface area contributed by atoms with E-state index in [9.17, 15) is 4.79 Å². The molecule has 0 aromatic rings. The van der Waals surface area contributed by atoms with E-state index in [1.54, 1.807) is 7.11 Å². The van der Waals surface area contributed by atoms with Crippen molar-refractivity contribution in [1.29, 1.82) is 0 Å². The molecule has 0 aliphatic carbocycles. The van der Waals surface area contributed by atoms with Gasteiger partial charge in [-0.25, -0.2) is 0 Å². The number of carbonyl (C=O) groups excluding carboxylic acids is 1. The first-order valence-electron chi connectivity index (χ1n) is 7.25. The Morgan fingerprint density at radius 1 is 1.44 bits per heavy atom.